The largest absolute Gasteiger partial charge is 0.369 e. The van der Waals surface area contributed by atoms with Gasteiger partial charge in [0, 0.05) is 32.9 Å². The summed E-state index contributed by atoms with van der Waals surface area (Å²) in [5.41, 5.74) is 7.15. The highest BCUT2D eigenvalue weighted by molar-refractivity contribution is 14.0. The summed E-state index contributed by atoms with van der Waals surface area (Å²) in [4.78, 5) is 32.8. The Morgan fingerprint density at radius 3 is 2.59 bits per heavy atom. The molecule has 2 heterocycles. The van der Waals surface area contributed by atoms with Crippen LogP contribution in [0.3, 0.4) is 0 Å². The van der Waals surface area contributed by atoms with E-state index in [1.165, 1.54) is 12.1 Å². The molecular weight excluding hydrogens is 528 g/mol. The van der Waals surface area contributed by atoms with Crippen LogP contribution in [0.1, 0.15) is 12.5 Å². The van der Waals surface area contributed by atoms with Crippen LogP contribution in [0.15, 0.2) is 41.7 Å². The molecule has 0 aliphatic carbocycles. The van der Waals surface area contributed by atoms with E-state index in [1.54, 1.807) is 41.2 Å². The van der Waals surface area contributed by atoms with Crippen LogP contribution in [0.4, 0.5) is 10.1 Å². The number of nitrogens with zero attached hydrogens (tertiary/aromatic N) is 5. The molecule has 2 amide bonds. The normalized spacial score (nSPS) is 15.3. The van der Waals surface area contributed by atoms with Gasteiger partial charge in [-0.15, -0.1) is 24.0 Å². The van der Waals surface area contributed by atoms with Crippen LogP contribution < -0.4 is 16.0 Å². The van der Waals surface area contributed by atoms with Gasteiger partial charge in [0.1, 0.15) is 12.4 Å². The Morgan fingerprint density at radius 1 is 1.31 bits per heavy atom. The Kier molecular flexibility index (Phi) is 9.42. The zero-order valence-electron chi connectivity index (χ0n) is 18.2. The molecule has 1 fully saturated rings. The summed E-state index contributed by atoms with van der Waals surface area (Å²) in [5.74, 6) is -0.829. The summed E-state index contributed by atoms with van der Waals surface area (Å²) in [6.45, 7) is 3.99. The topological polar surface area (TPSA) is 109 Å². The van der Waals surface area contributed by atoms with Crippen molar-refractivity contribution in [3.8, 4) is 0 Å². The van der Waals surface area contributed by atoms with E-state index in [-0.39, 0.29) is 48.8 Å². The maximum atomic E-state index is 13.1. The zero-order chi connectivity index (χ0) is 22.4. The highest BCUT2D eigenvalue weighted by Gasteiger charge is 2.28. The molecule has 174 valence electrons. The van der Waals surface area contributed by atoms with Gasteiger partial charge in [-0.3, -0.25) is 19.3 Å². The van der Waals surface area contributed by atoms with Crippen LogP contribution in [0.25, 0.3) is 0 Å². The van der Waals surface area contributed by atoms with E-state index in [9.17, 15) is 14.0 Å². The standard InChI is InChI=1S/C21H28FN7O2.HI/c1-3-24-21(25-11-16(20(23)31)10-15-4-6-17(22)7-5-15)28-8-9-29(19(30)14-28)18-12-26-27(2)13-18;/h4-7,12-13,16H,3,8-11,14H2,1-2H3,(H2,23,31)(H,24,25);1H. The van der Waals surface area contributed by atoms with Gasteiger partial charge in [0.15, 0.2) is 5.96 Å². The van der Waals surface area contributed by atoms with Crippen LogP contribution in [0.2, 0.25) is 0 Å². The number of rotatable bonds is 7. The third-order valence-electron chi connectivity index (χ3n) is 5.12. The lowest BCUT2D eigenvalue weighted by Crippen LogP contribution is -2.55. The third kappa shape index (κ3) is 6.65. The van der Waals surface area contributed by atoms with E-state index in [0.717, 1.165) is 11.3 Å². The number of primary amides is 1. The summed E-state index contributed by atoms with van der Waals surface area (Å²) in [7, 11) is 1.81. The second-order valence-corrected chi connectivity index (χ2v) is 7.46. The number of amides is 2. The molecule has 1 aliphatic heterocycles. The van der Waals surface area contributed by atoms with Gasteiger partial charge in [-0.05, 0) is 31.0 Å². The number of carbonyl (C=O) groups excluding carboxylic acids is 2. The summed E-state index contributed by atoms with van der Waals surface area (Å²) >= 11 is 0. The van der Waals surface area contributed by atoms with Gasteiger partial charge in [-0.25, -0.2) is 4.39 Å². The predicted octanol–water partition coefficient (Wildman–Crippen LogP) is 1.14. The molecule has 0 bridgehead atoms. The Hall–Kier alpha value is -2.70. The molecule has 1 saturated heterocycles. The number of aliphatic imine (C=N–C) groups is 1. The highest BCUT2D eigenvalue weighted by Crippen LogP contribution is 2.16. The van der Waals surface area contributed by atoms with Gasteiger partial charge >= 0.3 is 0 Å². The molecular formula is C21H29FIN7O2. The summed E-state index contributed by atoms with van der Waals surface area (Å²) in [6.07, 6.45) is 3.84. The van der Waals surface area contributed by atoms with Gasteiger partial charge in [0.2, 0.25) is 11.8 Å². The second-order valence-electron chi connectivity index (χ2n) is 7.46. The Balaban J connectivity index is 0.00000363. The van der Waals surface area contributed by atoms with Gasteiger partial charge in [0.25, 0.3) is 0 Å². The number of benzene rings is 1. The number of guanidine groups is 1. The van der Waals surface area contributed by atoms with E-state index in [1.807, 2.05) is 11.8 Å². The Bertz CT molecular complexity index is 948. The van der Waals surface area contributed by atoms with Gasteiger partial charge in [-0.1, -0.05) is 12.1 Å². The van der Waals surface area contributed by atoms with Crippen LogP contribution in [0, 0.1) is 11.7 Å². The number of hydrogen-bond donors (Lipinski definition) is 2. The minimum atomic E-state index is -0.536. The maximum absolute atomic E-state index is 13.1. The average molecular weight is 557 g/mol. The van der Waals surface area contributed by atoms with Crippen molar-refractivity contribution < 1.29 is 14.0 Å². The fourth-order valence-corrected chi connectivity index (χ4v) is 3.46. The SMILES string of the molecule is CCNC(=NCC(Cc1ccc(F)cc1)C(N)=O)N1CCN(c2cnn(C)c2)C(=O)C1.I. The number of halogens is 2. The Labute approximate surface area is 203 Å². The number of anilines is 1. The first-order chi connectivity index (χ1) is 14.9. The molecule has 0 radical (unpaired) electrons. The quantitative estimate of drug-likeness (QED) is 0.302. The van der Waals surface area contributed by atoms with Crippen molar-refractivity contribution in [1.82, 2.24) is 20.0 Å². The molecule has 11 heteroatoms. The number of piperazine rings is 1. The van der Waals surface area contributed by atoms with Crippen molar-refractivity contribution in [2.24, 2.45) is 23.7 Å². The smallest absolute Gasteiger partial charge is 0.246 e. The number of carbonyl (C=O) groups is 2. The molecule has 1 atom stereocenters. The van der Waals surface area contributed by atoms with Crippen molar-refractivity contribution >= 4 is 47.4 Å². The van der Waals surface area contributed by atoms with Crippen LogP contribution >= 0.6 is 24.0 Å². The zero-order valence-corrected chi connectivity index (χ0v) is 20.5. The van der Waals surface area contributed by atoms with Crippen LogP contribution in [-0.4, -0.2) is 65.2 Å². The molecule has 0 saturated carbocycles. The maximum Gasteiger partial charge on any atom is 0.246 e. The predicted molar refractivity (Wildman–Crippen MR) is 131 cm³/mol. The van der Waals surface area contributed by atoms with Crippen molar-refractivity contribution in [3.63, 3.8) is 0 Å². The second kappa shape index (κ2) is 11.8. The lowest BCUT2D eigenvalue weighted by molar-refractivity contribution is -0.122. The molecule has 0 spiro atoms. The molecule has 1 aromatic heterocycles. The number of nitrogens with one attached hydrogen (secondary N) is 1. The van der Waals surface area contributed by atoms with Crippen LogP contribution in [0.5, 0.6) is 0 Å². The Morgan fingerprint density at radius 2 is 2.03 bits per heavy atom. The molecule has 3 N–H and O–H groups in total. The highest BCUT2D eigenvalue weighted by atomic mass is 127. The molecule has 1 unspecified atom stereocenters. The van der Waals surface area contributed by atoms with Crippen molar-refractivity contribution in [2.75, 3.05) is 37.6 Å². The minimum Gasteiger partial charge on any atom is -0.369 e. The number of nitrogens with two attached hydrogens (primary N) is 1. The van der Waals surface area contributed by atoms with Gasteiger partial charge in [-0.2, -0.15) is 5.10 Å². The number of aryl methyl sites for hydroxylation is 1. The van der Waals surface area contributed by atoms with Crippen molar-refractivity contribution in [3.05, 3.63) is 48.0 Å². The van der Waals surface area contributed by atoms with Gasteiger partial charge < -0.3 is 20.9 Å². The summed E-state index contributed by atoms with van der Waals surface area (Å²) in [5, 5.41) is 7.31. The fourth-order valence-electron chi connectivity index (χ4n) is 3.46. The molecule has 32 heavy (non-hydrogen) atoms. The molecule has 3 rings (SSSR count). The first kappa shape index (κ1) is 25.6. The lowest BCUT2D eigenvalue weighted by Gasteiger charge is -2.35. The van der Waals surface area contributed by atoms with E-state index in [0.29, 0.717) is 32.0 Å². The summed E-state index contributed by atoms with van der Waals surface area (Å²) in [6, 6.07) is 5.98. The fraction of sp³-hybridized carbons (Fsp3) is 0.429. The number of hydrogen-bond acceptors (Lipinski definition) is 4. The van der Waals surface area contributed by atoms with Crippen LogP contribution in [-0.2, 0) is 23.1 Å². The lowest BCUT2D eigenvalue weighted by atomic mass is 9.99. The van der Waals surface area contributed by atoms with Gasteiger partial charge in [0.05, 0.1) is 24.3 Å². The first-order valence-corrected chi connectivity index (χ1v) is 10.2. The molecule has 9 nitrogen and oxygen atoms in total. The summed E-state index contributed by atoms with van der Waals surface area (Å²) < 4.78 is 14.8. The van der Waals surface area contributed by atoms with E-state index in [2.05, 4.69) is 15.4 Å². The monoisotopic (exact) mass is 557 g/mol. The third-order valence-corrected chi connectivity index (χ3v) is 5.12. The number of aromatic nitrogens is 2. The molecule has 1 aromatic carbocycles. The van der Waals surface area contributed by atoms with E-state index in [4.69, 9.17) is 5.73 Å². The van der Waals surface area contributed by atoms with Crippen molar-refractivity contribution in [2.45, 2.75) is 13.3 Å². The minimum absolute atomic E-state index is 0. The molecule has 1 aliphatic rings. The molecule has 2 aromatic rings. The first-order valence-electron chi connectivity index (χ1n) is 10.2. The van der Waals surface area contributed by atoms with E-state index < -0.39 is 11.8 Å². The van der Waals surface area contributed by atoms with E-state index >= 15 is 0 Å². The average Bonchev–Trinajstić information content (AvgIpc) is 3.17. The van der Waals surface area contributed by atoms with Crippen molar-refractivity contribution in [1.29, 1.82) is 0 Å².